The van der Waals surface area contributed by atoms with Crippen LogP contribution in [0.15, 0.2) is 60.8 Å². The van der Waals surface area contributed by atoms with Gasteiger partial charge in [0, 0.05) is 23.1 Å². The molecule has 120 valence electrons. The van der Waals surface area contributed by atoms with Gasteiger partial charge >= 0.3 is 6.03 Å². The molecule has 0 fully saturated rings. The number of hydrogen-bond donors (Lipinski definition) is 2. The van der Waals surface area contributed by atoms with E-state index in [-0.39, 0.29) is 6.03 Å². The second kappa shape index (κ2) is 6.91. The molecule has 0 aliphatic heterocycles. The lowest BCUT2D eigenvalue weighted by Crippen LogP contribution is -2.19. The summed E-state index contributed by atoms with van der Waals surface area (Å²) < 4.78 is 0. The van der Waals surface area contributed by atoms with E-state index < -0.39 is 0 Å². The number of amides is 2. The van der Waals surface area contributed by atoms with Crippen LogP contribution >= 0.6 is 0 Å². The summed E-state index contributed by atoms with van der Waals surface area (Å²) in [5.41, 5.74) is 4.30. The minimum absolute atomic E-state index is 0.281. The van der Waals surface area contributed by atoms with Crippen molar-refractivity contribution in [1.29, 1.82) is 0 Å². The normalized spacial score (nSPS) is 10.2. The number of nitrogens with zero attached hydrogens (tertiary/aromatic N) is 2. The number of carbonyl (C=O) groups excluding carboxylic acids is 1. The SMILES string of the molecule is Cc1cccc(NC(=O)Nc2cccc(-c3ccnc(C)n3)c2)c1. The summed E-state index contributed by atoms with van der Waals surface area (Å²) in [4.78, 5) is 20.6. The summed E-state index contributed by atoms with van der Waals surface area (Å²) in [6.45, 7) is 3.83. The first-order valence-electron chi connectivity index (χ1n) is 7.65. The summed E-state index contributed by atoms with van der Waals surface area (Å²) in [5.74, 6) is 0.711. The Hall–Kier alpha value is -3.21. The molecule has 1 heterocycles. The fourth-order valence-electron chi connectivity index (χ4n) is 2.39. The maximum atomic E-state index is 12.1. The highest BCUT2D eigenvalue weighted by molar-refractivity contribution is 6.00. The minimum atomic E-state index is -0.281. The van der Waals surface area contributed by atoms with Crippen molar-refractivity contribution in [3.63, 3.8) is 0 Å². The molecule has 1 aromatic heterocycles. The van der Waals surface area contributed by atoms with Gasteiger partial charge in [-0.15, -0.1) is 0 Å². The van der Waals surface area contributed by atoms with Crippen molar-refractivity contribution in [1.82, 2.24) is 9.97 Å². The highest BCUT2D eigenvalue weighted by Gasteiger charge is 2.05. The van der Waals surface area contributed by atoms with Crippen LogP contribution in [0.4, 0.5) is 16.2 Å². The van der Waals surface area contributed by atoms with Gasteiger partial charge in [0.15, 0.2) is 0 Å². The molecule has 0 aliphatic carbocycles. The van der Waals surface area contributed by atoms with Crippen LogP contribution in [0, 0.1) is 13.8 Å². The van der Waals surface area contributed by atoms with Gasteiger partial charge < -0.3 is 10.6 Å². The van der Waals surface area contributed by atoms with E-state index >= 15 is 0 Å². The van der Waals surface area contributed by atoms with Crippen molar-refractivity contribution >= 4 is 17.4 Å². The second-order valence-corrected chi connectivity index (χ2v) is 5.52. The molecule has 0 saturated carbocycles. The van der Waals surface area contributed by atoms with Crippen molar-refractivity contribution in [3.8, 4) is 11.3 Å². The van der Waals surface area contributed by atoms with Crippen LogP contribution in [0.3, 0.4) is 0 Å². The summed E-state index contributed by atoms with van der Waals surface area (Å²) >= 11 is 0. The Labute approximate surface area is 140 Å². The number of aromatic nitrogens is 2. The number of urea groups is 1. The number of aryl methyl sites for hydroxylation is 2. The second-order valence-electron chi connectivity index (χ2n) is 5.52. The minimum Gasteiger partial charge on any atom is -0.308 e. The van der Waals surface area contributed by atoms with Gasteiger partial charge in [0.2, 0.25) is 0 Å². The standard InChI is InChI=1S/C19H18N4O/c1-13-5-3-7-16(11-13)22-19(24)23-17-8-4-6-15(12-17)18-9-10-20-14(2)21-18/h3-12H,1-2H3,(H2,22,23,24). The number of hydrogen-bond acceptors (Lipinski definition) is 3. The molecule has 2 N–H and O–H groups in total. The first-order chi connectivity index (χ1) is 11.6. The topological polar surface area (TPSA) is 66.9 Å². The smallest absolute Gasteiger partial charge is 0.308 e. The van der Waals surface area contributed by atoms with E-state index in [2.05, 4.69) is 20.6 Å². The van der Waals surface area contributed by atoms with Crippen molar-refractivity contribution in [2.24, 2.45) is 0 Å². The van der Waals surface area contributed by atoms with Crippen LogP contribution < -0.4 is 10.6 Å². The quantitative estimate of drug-likeness (QED) is 0.752. The number of benzene rings is 2. The highest BCUT2D eigenvalue weighted by atomic mass is 16.2. The average Bonchev–Trinajstić information content (AvgIpc) is 2.55. The lowest BCUT2D eigenvalue weighted by Gasteiger charge is -2.09. The monoisotopic (exact) mass is 318 g/mol. The maximum absolute atomic E-state index is 12.1. The molecule has 2 aromatic carbocycles. The molecule has 3 rings (SSSR count). The molecule has 2 amide bonds. The molecule has 0 atom stereocenters. The summed E-state index contributed by atoms with van der Waals surface area (Å²) in [6, 6.07) is 16.8. The molecular formula is C19H18N4O. The van der Waals surface area contributed by atoms with E-state index in [4.69, 9.17) is 0 Å². The van der Waals surface area contributed by atoms with Crippen LogP contribution in [0.5, 0.6) is 0 Å². The van der Waals surface area contributed by atoms with Crippen LogP contribution in [-0.2, 0) is 0 Å². The average molecular weight is 318 g/mol. The van der Waals surface area contributed by atoms with Crippen LogP contribution in [-0.4, -0.2) is 16.0 Å². The van der Waals surface area contributed by atoms with Gasteiger partial charge in [-0.1, -0.05) is 24.3 Å². The van der Waals surface area contributed by atoms with Crippen LogP contribution in [0.25, 0.3) is 11.3 Å². The summed E-state index contributed by atoms with van der Waals surface area (Å²) in [7, 11) is 0. The van der Waals surface area contributed by atoms with E-state index in [1.54, 1.807) is 6.20 Å². The summed E-state index contributed by atoms with van der Waals surface area (Å²) in [6.07, 6.45) is 1.72. The van der Waals surface area contributed by atoms with Gasteiger partial charge in [-0.3, -0.25) is 0 Å². The Balaban J connectivity index is 1.73. The zero-order chi connectivity index (χ0) is 16.9. The molecule has 5 nitrogen and oxygen atoms in total. The van der Waals surface area contributed by atoms with Gasteiger partial charge in [0.25, 0.3) is 0 Å². The number of rotatable bonds is 3. The van der Waals surface area contributed by atoms with Crippen molar-refractivity contribution < 1.29 is 4.79 Å². The van der Waals surface area contributed by atoms with Crippen molar-refractivity contribution in [3.05, 3.63) is 72.2 Å². The van der Waals surface area contributed by atoms with Crippen molar-refractivity contribution in [2.45, 2.75) is 13.8 Å². The Bertz CT molecular complexity index is 877. The molecule has 0 aliphatic rings. The molecular weight excluding hydrogens is 300 g/mol. The Kier molecular flexibility index (Phi) is 4.52. The molecule has 3 aromatic rings. The van der Waals surface area contributed by atoms with E-state index in [9.17, 15) is 4.79 Å². The Morgan fingerprint density at radius 3 is 2.33 bits per heavy atom. The van der Waals surface area contributed by atoms with Gasteiger partial charge in [-0.25, -0.2) is 14.8 Å². The molecule has 0 saturated heterocycles. The first kappa shape index (κ1) is 15.7. The Morgan fingerprint density at radius 1 is 0.917 bits per heavy atom. The third-order valence-corrected chi connectivity index (χ3v) is 3.47. The lowest BCUT2D eigenvalue weighted by atomic mass is 10.1. The molecule has 0 radical (unpaired) electrons. The number of nitrogens with one attached hydrogen (secondary N) is 2. The fourth-order valence-corrected chi connectivity index (χ4v) is 2.39. The van der Waals surface area contributed by atoms with Crippen LogP contribution in [0.1, 0.15) is 11.4 Å². The zero-order valence-electron chi connectivity index (χ0n) is 13.6. The molecule has 0 bridgehead atoms. The van der Waals surface area contributed by atoms with E-state index in [0.717, 1.165) is 22.5 Å². The predicted molar refractivity (Wildman–Crippen MR) is 96.0 cm³/mol. The number of anilines is 2. The largest absolute Gasteiger partial charge is 0.323 e. The third-order valence-electron chi connectivity index (χ3n) is 3.47. The molecule has 24 heavy (non-hydrogen) atoms. The predicted octanol–water partition coefficient (Wildman–Crippen LogP) is 4.40. The Morgan fingerprint density at radius 2 is 1.62 bits per heavy atom. The lowest BCUT2D eigenvalue weighted by molar-refractivity contribution is 0.262. The summed E-state index contributed by atoms with van der Waals surface area (Å²) in [5, 5.41) is 5.67. The zero-order valence-corrected chi connectivity index (χ0v) is 13.6. The molecule has 0 spiro atoms. The van der Waals surface area contributed by atoms with E-state index in [0.29, 0.717) is 11.5 Å². The van der Waals surface area contributed by atoms with Gasteiger partial charge in [0.1, 0.15) is 5.82 Å². The molecule has 5 heteroatoms. The van der Waals surface area contributed by atoms with Gasteiger partial charge in [-0.2, -0.15) is 0 Å². The van der Waals surface area contributed by atoms with E-state index in [1.807, 2.05) is 68.4 Å². The highest BCUT2D eigenvalue weighted by Crippen LogP contribution is 2.21. The third kappa shape index (κ3) is 3.95. The van der Waals surface area contributed by atoms with Gasteiger partial charge in [0.05, 0.1) is 5.69 Å². The van der Waals surface area contributed by atoms with Gasteiger partial charge in [-0.05, 0) is 49.7 Å². The van der Waals surface area contributed by atoms with Crippen molar-refractivity contribution in [2.75, 3.05) is 10.6 Å². The first-order valence-corrected chi connectivity index (χ1v) is 7.65. The maximum Gasteiger partial charge on any atom is 0.323 e. The van der Waals surface area contributed by atoms with E-state index in [1.165, 1.54) is 0 Å². The number of carbonyl (C=O) groups is 1. The van der Waals surface area contributed by atoms with Crippen LogP contribution in [0.2, 0.25) is 0 Å². The molecule has 0 unspecified atom stereocenters. The fraction of sp³-hybridized carbons (Fsp3) is 0.105.